The molecule has 1 aromatic heterocycles. The van der Waals surface area contributed by atoms with E-state index in [1.807, 2.05) is 0 Å². The second-order valence-electron chi connectivity index (χ2n) is 3.33. The molecule has 0 bridgehead atoms. The van der Waals surface area contributed by atoms with Gasteiger partial charge in [-0.25, -0.2) is 0 Å². The fourth-order valence-electron chi connectivity index (χ4n) is 1.21. The summed E-state index contributed by atoms with van der Waals surface area (Å²) in [6, 6.07) is 0. The summed E-state index contributed by atoms with van der Waals surface area (Å²) in [6.45, 7) is 3.08. The van der Waals surface area contributed by atoms with Crippen molar-refractivity contribution in [3.63, 3.8) is 0 Å². The molecule has 0 aromatic carbocycles. The fraction of sp³-hybridized carbons (Fsp3) is 0.444. The van der Waals surface area contributed by atoms with Crippen molar-refractivity contribution >= 4 is 16.1 Å². The molecule has 0 saturated heterocycles. The average molecular weight is 294 g/mol. The third-order valence-electron chi connectivity index (χ3n) is 1.98. The van der Waals surface area contributed by atoms with Gasteiger partial charge in [-0.05, 0) is 13.8 Å². The Kier molecular flexibility index (Phi) is 6.32. The topological polar surface area (TPSA) is 123 Å². The highest BCUT2D eigenvalue weighted by molar-refractivity contribution is 7.81. The summed E-state index contributed by atoms with van der Waals surface area (Å²) in [5.74, 6) is 0. The van der Waals surface area contributed by atoms with Crippen LogP contribution >= 0.6 is 0 Å². The van der Waals surface area contributed by atoms with Crippen molar-refractivity contribution in [1.29, 1.82) is 0 Å². The number of nitrogens with zero attached hydrogens (tertiary/aromatic N) is 2. The molecule has 0 saturated carbocycles. The first-order valence-electron chi connectivity index (χ1n) is 4.85. The van der Waals surface area contributed by atoms with Crippen LogP contribution in [-0.2, 0) is 18.8 Å². The van der Waals surface area contributed by atoms with E-state index in [1.165, 1.54) is 12.4 Å². The summed E-state index contributed by atoms with van der Waals surface area (Å²) in [7, 11) is -1.60. The normalized spacial score (nSPS) is 10.5. The molecular formula is C9H14N2O7S. The van der Waals surface area contributed by atoms with E-state index in [2.05, 4.69) is 8.37 Å². The van der Waals surface area contributed by atoms with Crippen molar-refractivity contribution in [3.8, 4) is 0 Å². The van der Waals surface area contributed by atoms with Crippen LogP contribution in [0.1, 0.15) is 11.1 Å². The Balaban J connectivity index is 0.000000399. The first-order valence-corrected chi connectivity index (χ1v) is 6.18. The van der Waals surface area contributed by atoms with E-state index >= 15 is 0 Å². The van der Waals surface area contributed by atoms with Gasteiger partial charge in [0.15, 0.2) is 12.4 Å². The van der Waals surface area contributed by atoms with Crippen LogP contribution < -0.4 is 4.73 Å². The second kappa shape index (κ2) is 6.97. The average Bonchev–Trinajstić information content (AvgIpc) is 2.28. The van der Waals surface area contributed by atoms with Gasteiger partial charge in [0, 0.05) is 0 Å². The Morgan fingerprint density at radius 1 is 1.16 bits per heavy atom. The maximum absolute atomic E-state index is 10.8. The summed E-state index contributed by atoms with van der Waals surface area (Å²) in [5.41, 5.74) is 0.784. The Morgan fingerprint density at radius 2 is 1.53 bits per heavy atom. The third-order valence-corrected chi connectivity index (χ3v) is 2.80. The molecule has 19 heavy (non-hydrogen) atoms. The van der Waals surface area contributed by atoms with Gasteiger partial charge in [-0.3, -0.25) is 18.5 Å². The zero-order valence-electron chi connectivity index (χ0n) is 10.8. The van der Waals surface area contributed by atoms with Crippen LogP contribution in [0, 0.1) is 29.2 Å². The number of hydrogen-bond donors (Lipinski definition) is 0. The maximum atomic E-state index is 10.8. The lowest BCUT2D eigenvalue weighted by Gasteiger charge is -2.00. The third kappa shape index (κ3) is 5.59. The van der Waals surface area contributed by atoms with Crippen LogP contribution in [0.5, 0.6) is 0 Å². The van der Waals surface area contributed by atoms with Crippen LogP contribution in [0.15, 0.2) is 12.4 Å². The van der Waals surface area contributed by atoms with E-state index in [0.717, 1.165) is 14.2 Å². The number of pyridine rings is 1. The lowest BCUT2D eigenvalue weighted by molar-refractivity contribution is -0.606. The molecule has 0 aliphatic carbocycles. The molecule has 0 fully saturated rings. The van der Waals surface area contributed by atoms with Crippen LogP contribution in [0.2, 0.25) is 0 Å². The minimum atomic E-state index is -3.66. The molecule has 9 nitrogen and oxygen atoms in total. The molecule has 108 valence electrons. The van der Waals surface area contributed by atoms with Crippen LogP contribution in [0.25, 0.3) is 0 Å². The molecule has 0 aliphatic rings. The van der Waals surface area contributed by atoms with Crippen LogP contribution in [0.4, 0.5) is 5.69 Å². The number of aromatic nitrogens is 1. The molecule has 1 aromatic rings. The predicted molar refractivity (Wildman–Crippen MR) is 64.5 cm³/mol. The largest absolute Gasteiger partial charge is 0.619 e. The Bertz CT molecular complexity index is 523. The smallest absolute Gasteiger partial charge is 0.399 e. The number of nitro groups is 1. The minimum absolute atomic E-state index is 0.0158. The quantitative estimate of drug-likeness (QED) is 0.341. The summed E-state index contributed by atoms with van der Waals surface area (Å²) in [4.78, 5) is 9.97. The Morgan fingerprint density at radius 3 is 1.74 bits per heavy atom. The molecule has 0 amide bonds. The van der Waals surface area contributed by atoms with E-state index in [0.29, 0.717) is 15.9 Å². The van der Waals surface area contributed by atoms with Gasteiger partial charge < -0.3 is 5.21 Å². The lowest BCUT2D eigenvalue weighted by Crippen LogP contribution is -2.26. The number of hydrogen-bond acceptors (Lipinski definition) is 7. The van der Waals surface area contributed by atoms with Crippen LogP contribution in [-0.4, -0.2) is 27.6 Å². The van der Waals surface area contributed by atoms with Crippen molar-refractivity contribution < 1.29 is 26.4 Å². The van der Waals surface area contributed by atoms with Crippen molar-refractivity contribution in [3.05, 3.63) is 38.8 Å². The summed E-state index contributed by atoms with van der Waals surface area (Å²) >= 11 is 0. The van der Waals surface area contributed by atoms with Gasteiger partial charge in [0.2, 0.25) is 0 Å². The molecule has 0 aliphatic heterocycles. The molecule has 0 N–H and O–H groups in total. The van der Waals surface area contributed by atoms with Gasteiger partial charge in [0.25, 0.3) is 5.69 Å². The molecule has 0 atom stereocenters. The number of aryl methyl sites for hydroxylation is 2. The minimum Gasteiger partial charge on any atom is -0.619 e. The molecule has 10 heteroatoms. The van der Waals surface area contributed by atoms with Crippen molar-refractivity contribution in [2.45, 2.75) is 13.8 Å². The van der Waals surface area contributed by atoms with Crippen molar-refractivity contribution in [2.24, 2.45) is 0 Å². The van der Waals surface area contributed by atoms with E-state index < -0.39 is 15.3 Å². The molecule has 0 spiro atoms. The monoisotopic (exact) mass is 294 g/mol. The molecule has 1 heterocycles. The predicted octanol–water partition coefficient (Wildman–Crippen LogP) is 0.369. The van der Waals surface area contributed by atoms with Gasteiger partial charge in [-0.2, -0.15) is 13.1 Å². The van der Waals surface area contributed by atoms with E-state index in [1.54, 1.807) is 13.8 Å². The first-order chi connectivity index (χ1) is 8.64. The zero-order chi connectivity index (χ0) is 15.2. The second-order valence-corrected chi connectivity index (χ2v) is 4.81. The highest BCUT2D eigenvalue weighted by Crippen LogP contribution is 2.19. The van der Waals surface area contributed by atoms with Crippen molar-refractivity contribution in [1.82, 2.24) is 0 Å². The van der Waals surface area contributed by atoms with Gasteiger partial charge in [0.05, 0.1) is 30.3 Å². The Labute approximate surface area is 110 Å². The van der Waals surface area contributed by atoms with E-state index in [-0.39, 0.29) is 5.69 Å². The van der Waals surface area contributed by atoms with Gasteiger partial charge in [-0.1, -0.05) is 0 Å². The van der Waals surface area contributed by atoms with E-state index in [9.17, 15) is 23.7 Å². The summed E-state index contributed by atoms with van der Waals surface area (Å²) in [5, 5.41) is 21.2. The van der Waals surface area contributed by atoms with Gasteiger partial charge in [-0.15, -0.1) is 0 Å². The molecule has 1 rings (SSSR count). The SMILES string of the molecule is COS(=O)(=O)OC.Cc1c[n+]([O-])cc(C)c1[N+](=O)[O-]. The number of rotatable bonds is 3. The highest BCUT2D eigenvalue weighted by atomic mass is 32.3. The van der Waals surface area contributed by atoms with Crippen molar-refractivity contribution in [2.75, 3.05) is 14.2 Å². The molecular weight excluding hydrogens is 280 g/mol. The first kappa shape index (κ1) is 17.2. The van der Waals surface area contributed by atoms with Crippen LogP contribution in [0.3, 0.4) is 0 Å². The zero-order valence-corrected chi connectivity index (χ0v) is 11.6. The standard InChI is InChI=1S/C7H8N2O3.C2H6O4S/c1-5-3-8(10)4-6(2)7(5)9(11)12;1-5-7(3,4)6-2/h3-4H,1-2H3;1-2H3. The van der Waals surface area contributed by atoms with Gasteiger partial charge >= 0.3 is 10.4 Å². The maximum Gasteiger partial charge on any atom is 0.399 e. The van der Waals surface area contributed by atoms with E-state index in [4.69, 9.17) is 0 Å². The lowest BCUT2D eigenvalue weighted by atomic mass is 10.2. The van der Waals surface area contributed by atoms with Gasteiger partial charge in [0.1, 0.15) is 0 Å². The Hall–Kier alpha value is -1.78. The highest BCUT2D eigenvalue weighted by Gasteiger charge is 2.17. The molecule has 0 unspecified atom stereocenters. The molecule has 0 radical (unpaired) electrons. The fourth-order valence-corrected chi connectivity index (χ4v) is 1.34. The summed E-state index contributed by atoms with van der Waals surface area (Å²) in [6.07, 6.45) is 2.37. The summed E-state index contributed by atoms with van der Waals surface area (Å²) < 4.78 is 28.1.